The first-order valence-corrected chi connectivity index (χ1v) is 5.44. The number of hydrogen-bond donors (Lipinski definition) is 2. The lowest BCUT2D eigenvalue weighted by Crippen LogP contribution is -2.11. The molecule has 0 aliphatic heterocycles. The maximum absolute atomic E-state index is 10.5. The second-order valence-corrected chi connectivity index (χ2v) is 3.60. The number of ether oxygens (including phenoxy) is 2. The van der Waals surface area contributed by atoms with Crippen LogP contribution in [0.2, 0.25) is 5.02 Å². The molecule has 1 aromatic rings. The average molecular weight is 274 g/mol. The summed E-state index contributed by atoms with van der Waals surface area (Å²) in [6.45, 7) is 1.61. The summed E-state index contributed by atoms with van der Waals surface area (Å²) in [4.78, 5) is 10.5. The fraction of sp³-hybridized carbons (Fsp3) is 0.273. The van der Waals surface area contributed by atoms with Crippen molar-refractivity contribution < 1.29 is 24.6 Å². The molecule has 1 aromatic carbocycles. The molecule has 0 aliphatic rings. The Morgan fingerprint density at radius 3 is 2.78 bits per heavy atom. The number of halogens is 1. The van der Waals surface area contributed by atoms with E-state index in [4.69, 9.17) is 31.4 Å². The SMILES string of the molecule is CCOc1cc(/C=N\O)cc(Cl)c1OCC(=O)O. The molecule has 1 rings (SSSR count). The van der Waals surface area contributed by atoms with Gasteiger partial charge in [-0.1, -0.05) is 16.8 Å². The monoisotopic (exact) mass is 273 g/mol. The van der Waals surface area contributed by atoms with Crippen molar-refractivity contribution in [1.82, 2.24) is 0 Å². The number of carboxylic acids is 1. The molecule has 0 spiro atoms. The van der Waals surface area contributed by atoms with Crippen molar-refractivity contribution in [1.29, 1.82) is 0 Å². The summed E-state index contributed by atoms with van der Waals surface area (Å²) < 4.78 is 10.3. The van der Waals surface area contributed by atoms with Crippen LogP contribution in [0.5, 0.6) is 11.5 Å². The molecule has 0 fully saturated rings. The van der Waals surface area contributed by atoms with E-state index in [1.54, 1.807) is 6.92 Å². The first-order valence-electron chi connectivity index (χ1n) is 5.06. The van der Waals surface area contributed by atoms with Crippen LogP contribution in [0, 0.1) is 0 Å². The molecular weight excluding hydrogens is 262 g/mol. The number of aliphatic carboxylic acids is 1. The molecule has 7 heteroatoms. The second kappa shape index (κ2) is 6.70. The van der Waals surface area contributed by atoms with Gasteiger partial charge in [0.2, 0.25) is 0 Å². The van der Waals surface area contributed by atoms with E-state index in [9.17, 15) is 4.79 Å². The van der Waals surface area contributed by atoms with Crippen LogP contribution in [0.25, 0.3) is 0 Å². The Labute approximate surface area is 108 Å². The zero-order valence-electron chi connectivity index (χ0n) is 9.59. The minimum Gasteiger partial charge on any atom is -0.490 e. The minimum atomic E-state index is -1.12. The summed E-state index contributed by atoms with van der Waals surface area (Å²) in [6, 6.07) is 3.01. The highest BCUT2D eigenvalue weighted by molar-refractivity contribution is 6.32. The van der Waals surface area contributed by atoms with Gasteiger partial charge in [0.05, 0.1) is 17.8 Å². The summed E-state index contributed by atoms with van der Waals surface area (Å²) in [7, 11) is 0. The highest BCUT2D eigenvalue weighted by Crippen LogP contribution is 2.36. The Morgan fingerprint density at radius 1 is 1.50 bits per heavy atom. The first kappa shape index (κ1) is 14.1. The number of carbonyl (C=O) groups is 1. The van der Waals surface area contributed by atoms with Gasteiger partial charge >= 0.3 is 5.97 Å². The Balaban J connectivity index is 3.09. The lowest BCUT2D eigenvalue weighted by molar-refractivity contribution is -0.139. The highest BCUT2D eigenvalue weighted by Gasteiger charge is 2.13. The third kappa shape index (κ3) is 3.81. The quantitative estimate of drug-likeness (QED) is 0.470. The van der Waals surface area contributed by atoms with E-state index in [0.29, 0.717) is 17.9 Å². The van der Waals surface area contributed by atoms with Crippen LogP contribution in [0.3, 0.4) is 0 Å². The number of oxime groups is 1. The van der Waals surface area contributed by atoms with Gasteiger partial charge in [0.25, 0.3) is 0 Å². The van der Waals surface area contributed by atoms with Gasteiger partial charge in [-0.25, -0.2) is 4.79 Å². The van der Waals surface area contributed by atoms with Crippen LogP contribution >= 0.6 is 11.6 Å². The van der Waals surface area contributed by atoms with E-state index < -0.39 is 12.6 Å². The third-order valence-corrected chi connectivity index (χ3v) is 2.16. The number of rotatable bonds is 6. The van der Waals surface area contributed by atoms with E-state index >= 15 is 0 Å². The van der Waals surface area contributed by atoms with Gasteiger partial charge in [-0.15, -0.1) is 0 Å². The number of benzene rings is 1. The van der Waals surface area contributed by atoms with E-state index in [1.807, 2.05) is 0 Å². The van der Waals surface area contributed by atoms with Crippen LogP contribution in [-0.4, -0.2) is 35.7 Å². The highest BCUT2D eigenvalue weighted by atomic mass is 35.5. The van der Waals surface area contributed by atoms with Gasteiger partial charge < -0.3 is 19.8 Å². The van der Waals surface area contributed by atoms with Crippen molar-refractivity contribution in [2.75, 3.05) is 13.2 Å². The predicted octanol–water partition coefficient (Wildman–Crippen LogP) is 2.01. The lowest BCUT2D eigenvalue weighted by atomic mass is 10.2. The molecule has 0 aromatic heterocycles. The van der Waals surface area contributed by atoms with Crippen molar-refractivity contribution in [3.8, 4) is 11.5 Å². The summed E-state index contributed by atoms with van der Waals surface area (Å²) in [6.07, 6.45) is 1.18. The average Bonchev–Trinajstić information content (AvgIpc) is 2.28. The van der Waals surface area contributed by atoms with Crippen molar-refractivity contribution in [3.63, 3.8) is 0 Å². The number of carboxylic acid groups (broad SMARTS) is 1. The molecule has 0 radical (unpaired) electrons. The van der Waals surface area contributed by atoms with E-state index in [2.05, 4.69) is 5.16 Å². The van der Waals surface area contributed by atoms with Gasteiger partial charge in [-0.3, -0.25) is 0 Å². The van der Waals surface area contributed by atoms with Crippen LogP contribution < -0.4 is 9.47 Å². The fourth-order valence-electron chi connectivity index (χ4n) is 1.27. The molecule has 0 heterocycles. The van der Waals surface area contributed by atoms with Crippen molar-refractivity contribution >= 4 is 23.8 Å². The van der Waals surface area contributed by atoms with Crippen molar-refractivity contribution in [3.05, 3.63) is 22.7 Å². The molecule has 18 heavy (non-hydrogen) atoms. The van der Waals surface area contributed by atoms with Crippen molar-refractivity contribution in [2.24, 2.45) is 5.16 Å². The molecule has 2 N–H and O–H groups in total. The molecule has 6 nitrogen and oxygen atoms in total. The van der Waals surface area contributed by atoms with Gasteiger partial charge in [0, 0.05) is 5.56 Å². The predicted molar refractivity (Wildman–Crippen MR) is 65.1 cm³/mol. The molecule has 0 amide bonds. The van der Waals surface area contributed by atoms with Crippen LogP contribution in [0.4, 0.5) is 0 Å². The van der Waals surface area contributed by atoms with Gasteiger partial charge in [0.1, 0.15) is 0 Å². The molecule has 0 unspecified atom stereocenters. The first-order chi connectivity index (χ1) is 8.58. The molecular formula is C11H12ClNO5. The number of hydrogen-bond acceptors (Lipinski definition) is 5. The molecule has 0 bridgehead atoms. The molecule has 98 valence electrons. The van der Waals surface area contributed by atoms with E-state index in [-0.39, 0.29) is 10.8 Å². The maximum atomic E-state index is 10.5. The van der Waals surface area contributed by atoms with Crippen molar-refractivity contribution in [2.45, 2.75) is 6.92 Å². The van der Waals surface area contributed by atoms with Gasteiger partial charge in [-0.2, -0.15) is 0 Å². The maximum Gasteiger partial charge on any atom is 0.341 e. The largest absolute Gasteiger partial charge is 0.490 e. The topological polar surface area (TPSA) is 88.4 Å². The van der Waals surface area contributed by atoms with Crippen LogP contribution in [-0.2, 0) is 4.79 Å². The zero-order valence-corrected chi connectivity index (χ0v) is 10.3. The Morgan fingerprint density at radius 2 is 2.22 bits per heavy atom. The summed E-state index contributed by atoms with van der Waals surface area (Å²) >= 11 is 5.95. The zero-order chi connectivity index (χ0) is 13.5. The normalized spacial score (nSPS) is 10.6. The smallest absolute Gasteiger partial charge is 0.341 e. The van der Waals surface area contributed by atoms with Gasteiger partial charge in [0.15, 0.2) is 18.1 Å². The second-order valence-electron chi connectivity index (χ2n) is 3.19. The summed E-state index contributed by atoms with van der Waals surface area (Å²) in [5, 5.41) is 20.1. The molecule has 0 saturated carbocycles. The van der Waals surface area contributed by atoms with Gasteiger partial charge in [-0.05, 0) is 19.1 Å². The Kier molecular flexibility index (Phi) is 5.26. The fourth-order valence-corrected chi connectivity index (χ4v) is 1.54. The summed E-state index contributed by atoms with van der Waals surface area (Å²) in [5.74, 6) is -0.674. The Hall–Kier alpha value is -1.95. The van der Waals surface area contributed by atoms with Crippen LogP contribution in [0.15, 0.2) is 17.3 Å². The molecule has 0 saturated heterocycles. The number of nitrogens with zero attached hydrogens (tertiary/aromatic N) is 1. The molecule has 0 atom stereocenters. The van der Waals surface area contributed by atoms with E-state index in [1.165, 1.54) is 18.3 Å². The van der Waals surface area contributed by atoms with Crippen LogP contribution in [0.1, 0.15) is 12.5 Å². The minimum absolute atomic E-state index is 0.149. The summed E-state index contributed by atoms with van der Waals surface area (Å²) in [5.41, 5.74) is 0.508. The van der Waals surface area contributed by atoms with E-state index in [0.717, 1.165) is 0 Å². The standard InChI is InChI=1S/C11H12ClNO5/c1-2-17-9-4-7(5-13-16)3-8(12)11(9)18-6-10(14)15/h3-5,16H,2,6H2,1H3,(H,14,15)/b13-5-. The Bertz CT molecular complexity index is 461. The molecule has 0 aliphatic carbocycles. The lowest BCUT2D eigenvalue weighted by Gasteiger charge is -2.12. The third-order valence-electron chi connectivity index (χ3n) is 1.88.